The fourth-order valence-corrected chi connectivity index (χ4v) is 2.40. The van der Waals surface area contributed by atoms with E-state index < -0.39 is 15.9 Å². The van der Waals surface area contributed by atoms with E-state index >= 15 is 0 Å². The molecule has 134 valence electrons. The molecule has 0 saturated heterocycles. The minimum Gasteiger partial charge on any atom is -0.497 e. The number of amides is 1. The number of nitrogens with one attached hydrogen (secondary N) is 2. The van der Waals surface area contributed by atoms with Crippen LogP contribution in [0, 0.1) is 0 Å². The third-order valence-electron chi connectivity index (χ3n) is 3.36. The van der Waals surface area contributed by atoms with Crippen molar-refractivity contribution in [2.24, 2.45) is 0 Å². The molecule has 1 amide bonds. The quantitative estimate of drug-likeness (QED) is 0.559. The number of carbonyl (C=O) groups is 1. The van der Waals surface area contributed by atoms with Gasteiger partial charge in [-0.25, -0.2) is 0 Å². The van der Waals surface area contributed by atoms with Crippen molar-refractivity contribution >= 4 is 46.4 Å². The molecule has 25 heavy (non-hydrogen) atoms. The van der Waals surface area contributed by atoms with Gasteiger partial charge in [-0.2, -0.15) is 0 Å². The lowest BCUT2D eigenvalue weighted by Gasteiger charge is -2.28. The smallest absolute Gasteiger partial charge is 0.252 e. The number of rotatable bonds is 6. The Morgan fingerprint density at radius 3 is 2.20 bits per heavy atom. The van der Waals surface area contributed by atoms with Gasteiger partial charge < -0.3 is 20.1 Å². The highest BCUT2D eigenvalue weighted by Crippen LogP contribution is 2.33. The summed E-state index contributed by atoms with van der Waals surface area (Å²) in [6.45, 7) is 0. The minimum atomic E-state index is -1.79. The molecule has 0 saturated carbocycles. The van der Waals surface area contributed by atoms with Gasteiger partial charge in [-0.15, -0.1) is 0 Å². The van der Waals surface area contributed by atoms with Crippen molar-refractivity contribution in [3.05, 3.63) is 54.1 Å². The molecule has 0 aliphatic carbocycles. The molecule has 2 N–H and O–H groups in total. The monoisotopic (exact) mass is 402 g/mol. The number of halogens is 3. The predicted octanol–water partition coefficient (Wildman–Crippen LogP) is 4.24. The van der Waals surface area contributed by atoms with Crippen molar-refractivity contribution in [3.63, 3.8) is 0 Å². The summed E-state index contributed by atoms with van der Waals surface area (Å²) in [6.07, 6.45) is -0.983. The van der Waals surface area contributed by atoms with Crippen LogP contribution in [-0.2, 0) is 0 Å². The summed E-state index contributed by atoms with van der Waals surface area (Å²) in [5, 5.41) is 5.65. The molecule has 8 heteroatoms. The fraction of sp³-hybridized carbons (Fsp3) is 0.235. The molecule has 2 aromatic rings. The molecule has 0 aliphatic heterocycles. The highest BCUT2D eigenvalue weighted by Gasteiger charge is 2.34. The van der Waals surface area contributed by atoms with Crippen LogP contribution in [0.1, 0.15) is 10.4 Å². The topological polar surface area (TPSA) is 59.6 Å². The van der Waals surface area contributed by atoms with E-state index in [0.29, 0.717) is 22.7 Å². The van der Waals surface area contributed by atoms with Gasteiger partial charge in [0.15, 0.2) is 0 Å². The van der Waals surface area contributed by atoms with E-state index in [-0.39, 0.29) is 0 Å². The Labute approximate surface area is 161 Å². The first-order valence-corrected chi connectivity index (χ1v) is 8.39. The molecule has 0 radical (unpaired) electrons. The van der Waals surface area contributed by atoms with Gasteiger partial charge in [0.2, 0.25) is 3.79 Å². The molecule has 0 spiro atoms. The summed E-state index contributed by atoms with van der Waals surface area (Å²) in [7, 11) is 3.08. The van der Waals surface area contributed by atoms with Crippen LogP contribution in [0.4, 0.5) is 5.69 Å². The van der Waals surface area contributed by atoms with Crippen LogP contribution < -0.4 is 20.1 Å². The fourth-order valence-electron chi connectivity index (χ4n) is 2.08. The SMILES string of the molecule is COc1ccc(C(=O)N[C@@H](Nc2ccccc2OC)C(Cl)(Cl)Cl)cc1. The zero-order chi connectivity index (χ0) is 18.4. The molecule has 0 bridgehead atoms. The third-order valence-corrected chi connectivity index (χ3v) is 4.02. The summed E-state index contributed by atoms with van der Waals surface area (Å²) in [5.41, 5.74) is 0.984. The summed E-state index contributed by atoms with van der Waals surface area (Å²) in [4.78, 5) is 12.4. The van der Waals surface area contributed by atoms with Gasteiger partial charge in [-0.3, -0.25) is 4.79 Å². The maximum atomic E-state index is 12.4. The predicted molar refractivity (Wildman–Crippen MR) is 101 cm³/mol. The first-order chi connectivity index (χ1) is 11.8. The molecule has 0 unspecified atom stereocenters. The Hall–Kier alpha value is -1.82. The number of ether oxygens (including phenoxy) is 2. The van der Waals surface area contributed by atoms with Crippen molar-refractivity contribution in [2.45, 2.75) is 9.96 Å². The van der Waals surface area contributed by atoms with Crippen LogP contribution >= 0.6 is 34.8 Å². The molecular weight excluding hydrogens is 387 g/mol. The van der Waals surface area contributed by atoms with Crippen LogP contribution in [0.5, 0.6) is 11.5 Å². The molecule has 2 aromatic carbocycles. The number of anilines is 1. The molecule has 0 aliphatic rings. The number of hydrogen-bond acceptors (Lipinski definition) is 4. The van der Waals surface area contributed by atoms with Crippen LogP contribution in [0.3, 0.4) is 0 Å². The summed E-state index contributed by atoms with van der Waals surface area (Å²) in [5.74, 6) is 0.795. The number of carbonyl (C=O) groups excluding carboxylic acids is 1. The molecule has 1 atom stereocenters. The summed E-state index contributed by atoms with van der Waals surface area (Å²) in [6, 6.07) is 13.7. The average Bonchev–Trinajstić information content (AvgIpc) is 2.60. The Kier molecular flexibility index (Phi) is 6.64. The van der Waals surface area contributed by atoms with Crippen molar-refractivity contribution in [1.82, 2.24) is 5.32 Å². The van der Waals surface area contributed by atoms with Gasteiger partial charge in [0.05, 0.1) is 19.9 Å². The van der Waals surface area contributed by atoms with E-state index in [9.17, 15) is 4.79 Å². The second-order valence-corrected chi connectivity index (χ2v) is 7.39. The molecule has 5 nitrogen and oxygen atoms in total. The normalized spacial score (nSPS) is 12.2. The zero-order valence-corrected chi connectivity index (χ0v) is 15.8. The molecular formula is C17H17Cl3N2O3. The van der Waals surface area contributed by atoms with E-state index in [1.807, 2.05) is 6.07 Å². The van der Waals surface area contributed by atoms with Gasteiger partial charge in [0.1, 0.15) is 17.7 Å². The highest BCUT2D eigenvalue weighted by atomic mass is 35.6. The Balaban J connectivity index is 2.18. The van der Waals surface area contributed by atoms with E-state index in [0.717, 1.165) is 0 Å². The van der Waals surface area contributed by atoms with Crippen molar-refractivity contribution in [1.29, 1.82) is 0 Å². The van der Waals surface area contributed by atoms with E-state index in [1.54, 1.807) is 49.6 Å². The number of benzene rings is 2. The largest absolute Gasteiger partial charge is 0.497 e. The Bertz CT molecular complexity index is 718. The van der Waals surface area contributed by atoms with Gasteiger partial charge >= 0.3 is 0 Å². The van der Waals surface area contributed by atoms with Gasteiger partial charge in [-0.1, -0.05) is 46.9 Å². The standard InChI is InChI=1S/C17H17Cl3N2O3/c1-24-12-9-7-11(8-10-12)15(23)22-16(17(18,19)20)21-13-5-3-4-6-14(13)25-2/h3-10,16,21H,1-2H3,(H,22,23)/t16-/m1/s1. The first kappa shape index (κ1) is 19.5. The van der Waals surface area contributed by atoms with Crippen LogP contribution in [-0.4, -0.2) is 30.1 Å². The van der Waals surface area contributed by atoms with Crippen LogP contribution in [0.25, 0.3) is 0 Å². The lowest BCUT2D eigenvalue weighted by molar-refractivity contribution is 0.0941. The summed E-state index contributed by atoms with van der Waals surface area (Å²) >= 11 is 18.0. The Morgan fingerprint density at radius 2 is 1.64 bits per heavy atom. The maximum Gasteiger partial charge on any atom is 0.252 e. The average molecular weight is 404 g/mol. The number of alkyl halides is 3. The van der Waals surface area contributed by atoms with Crippen LogP contribution in [0.2, 0.25) is 0 Å². The second-order valence-electron chi connectivity index (χ2n) is 5.02. The highest BCUT2D eigenvalue weighted by molar-refractivity contribution is 6.68. The zero-order valence-electron chi connectivity index (χ0n) is 13.6. The molecule has 0 heterocycles. The second kappa shape index (κ2) is 8.52. The molecule has 0 aromatic heterocycles. The Morgan fingerprint density at radius 1 is 1.00 bits per heavy atom. The summed E-state index contributed by atoms with van der Waals surface area (Å²) < 4.78 is 8.53. The minimum absolute atomic E-state index is 0.402. The van der Waals surface area contributed by atoms with Gasteiger partial charge in [0, 0.05) is 5.56 Å². The van der Waals surface area contributed by atoms with Crippen molar-refractivity contribution in [3.8, 4) is 11.5 Å². The number of methoxy groups -OCH3 is 2. The lowest BCUT2D eigenvalue weighted by Crippen LogP contribution is -2.49. The van der Waals surface area contributed by atoms with Gasteiger partial charge in [-0.05, 0) is 36.4 Å². The number of hydrogen-bond donors (Lipinski definition) is 2. The number of para-hydroxylation sites is 2. The van der Waals surface area contributed by atoms with E-state index in [1.165, 1.54) is 7.11 Å². The van der Waals surface area contributed by atoms with Crippen molar-refractivity contribution in [2.75, 3.05) is 19.5 Å². The van der Waals surface area contributed by atoms with Crippen LogP contribution in [0.15, 0.2) is 48.5 Å². The van der Waals surface area contributed by atoms with E-state index in [2.05, 4.69) is 10.6 Å². The molecule has 2 rings (SSSR count). The van der Waals surface area contributed by atoms with Gasteiger partial charge in [0.25, 0.3) is 5.91 Å². The lowest BCUT2D eigenvalue weighted by atomic mass is 10.2. The van der Waals surface area contributed by atoms with Crippen molar-refractivity contribution < 1.29 is 14.3 Å². The van der Waals surface area contributed by atoms with E-state index in [4.69, 9.17) is 44.3 Å². The first-order valence-electron chi connectivity index (χ1n) is 7.26. The maximum absolute atomic E-state index is 12.4. The third kappa shape index (κ3) is 5.33. The molecule has 0 fully saturated rings.